The van der Waals surface area contributed by atoms with E-state index in [1.165, 1.54) is 38.2 Å². The summed E-state index contributed by atoms with van der Waals surface area (Å²) in [5.41, 5.74) is 0.0105. The Morgan fingerprint density at radius 1 is 1.16 bits per heavy atom. The van der Waals surface area contributed by atoms with E-state index < -0.39 is 5.97 Å². The van der Waals surface area contributed by atoms with Crippen LogP contribution in [0.2, 0.25) is 0 Å². The number of hydrogen-bond acceptors (Lipinski definition) is 4. The van der Waals surface area contributed by atoms with Gasteiger partial charge in [0.2, 0.25) is 0 Å². The van der Waals surface area contributed by atoms with Gasteiger partial charge in [0.15, 0.2) is 11.5 Å². The minimum atomic E-state index is -1.02. The predicted molar refractivity (Wildman–Crippen MR) is 71.3 cm³/mol. The van der Waals surface area contributed by atoms with Gasteiger partial charge >= 0.3 is 5.97 Å². The maximum atomic E-state index is 10.8. The summed E-state index contributed by atoms with van der Waals surface area (Å²) in [5, 5.41) is 16.6. The van der Waals surface area contributed by atoms with Crippen LogP contribution in [-0.4, -0.2) is 34.4 Å². The number of fused-ring (bicyclic) bond motifs is 1. The molecule has 1 aliphatic carbocycles. The molecule has 2 unspecified atom stereocenters. The van der Waals surface area contributed by atoms with E-state index in [0.29, 0.717) is 0 Å². The monoisotopic (exact) mass is 261 g/mol. The molecule has 1 N–H and O–H groups in total. The van der Waals surface area contributed by atoms with Gasteiger partial charge in [-0.2, -0.15) is 0 Å². The highest BCUT2D eigenvalue weighted by Crippen LogP contribution is 2.36. The summed E-state index contributed by atoms with van der Waals surface area (Å²) in [6.07, 6.45) is 6.66. The fourth-order valence-electron chi connectivity index (χ4n) is 3.42. The van der Waals surface area contributed by atoms with Crippen LogP contribution in [0.3, 0.4) is 0 Å². The van der Waals surface area contributed by atoms with Crippen LogP contribution in [0.25, 0.3) is 0 Å². The van der Waals surface area contributed by atoms with E-state index in [9.17, 15) is 4.79 Å². The lowest BCUT2D eigenvalue weighted by Gasteiger charge is -2.41. The third-order valence-electron chi connectivity index (χ3n) is 4.48. The Morgan fingerprint density at radius 3 is 2.63 bits per heavy atom. The number of aromatic carboxylic acids is 1. The Bertz CT molecular complexity index is 460. The van der Waals surface area contributed by atoms with Gasteiger partial charge in [-0.15, -0.1) is 10.2 Å². The molecule has 2 fully saturated rings. The van der Waals surface area contributed by atoms with Crippen LogP contribution < -0.4 is 4.90 Å². The molecular weight excluding hydrogens is 242 g/mol. The van der Waals surface area contributed by atoms with E-state index in [1.807, 2.05) is 0 Å². The molecule has 2 atom stereocenters. The molecule has 1 aromatic rings. The summed E-state index contributed by atoms with van der Waals surface area (Å²) >= 11 is 0. The molecule has 0 aromatic carbocycles. The number of nitrogens with zero attached hydrogens (tertiary/aromatic N) is 3. The number of carbonyl (C=O) groups is 1. The van der Waals surface area contributed by atoms with Crippen molar-refractivity contribution in [2.45, 2.75) is 32.1 Å². The maximum Gasteiger partial charge on any atom is 0.356 e. The van der Waals surface area contributed by atoms with Crippen LogP contribution in [-0.2, 0) is 0 Å². The van der Waals surface area contributed by atoms with E-state index in [4.69, 9.17) is 5.11 Å². The van der Waals surface area contributed by atoms with Crippen LogP contribution in [0.1, 0.15) is 42.6 Å². The molecule has 0 radical (unpaired) electrons. The average molecular weight is 261 g/mol. The molecule has 1 aliphatic heterocycles. The van der Waals surface area contributed by atoms with E-state index in [2.05, 4.69) is 15.1 Å². The van der Waals surface area contributed by atoms with Crippen molar-refractivity contribution in [3.05, 3.63) is 17.8 Å². The molecule has 0 bridgehead atoms. The standard InChI is InChI=1S/C14H19N3O2/c18-14(19)12-5-6-13(16-15-12)17-8-7-10-3-1-2-4-11(10)9-17/h5-6,10-11H,1-4,7-9H2,(H,18,19). The molecular formula is C14H19N3O2. The van der Waals surface area contributed by atoms with Crippen molar-refractivity contribution in [3.63, 3.8) is 0 Å². The number of carboxylic acids is 1. The Balaban J connectivity index is 1.70. The van der Waals surface area contributed by atoms with Crippen molar-refractivity contribution >= 4 is 11.8 Å². The summed E-state index contributed by atoms with van der Waals surface area (Å²) in [6.45, 7) is 2.06. The Hall–Kier alpha value is -1.65. The Labute approximate surface area is 112 Å². The van der Waals surface area contributed by atoms with E-state index >= 15 is 0 Å². The SMILES string of the molecule is O=C(O)c1ccc(N2CCC3CCCCC3C2)nn1. The van der Waals surface area contributed by atoms with E-state index in [0.717, 1.165) is 30.7 Å². The second kappa shape index (κ2) is 5.15. The third-order valence-corrected chi connectivity index (χ3v) is 4.48. The van der Waals surface area contributed by atoms with Gasteiger partial charge in [-0.25, -0.2) is 4.79 Å². The van der Waals surface area contributed by atoms with Crippen molar-refractivity contribution < 1.29 is 9.90 Å². The highest BCUT2D eigenvalue weighted by Gasteiger charge is 2.31. The van der Waals surface area contributed by atoms with Crippen LogP contribution in [0.4, 0.5) is 5.82 Å². The summed E-state index contributed by atoms with van der Waals surface area (Å²) in [7, 11) is 0. The highest BCUT2D eigenvalue weighted by molar-refractivity contribution is 5.85. The highest BCUT2D eigenvalue weighted by atomic mass is 16.4. The van der Waals surface area contributed by atoms with Crippen molar-refractivity contribution in [1.29, 1.82) is 0 Å². The molecule has 2 heterocycles. The quantitative estimate of drug-likeness (QED) is 0.884. The lowest BCUT2D eigenvalue weighted by molar-refractivity contribution is 0.0689. The first kappa shape index (κ1) is 12.4. The largest absolute Gasteiger partial charge is 0.476 e. The predicted octanol–water partition coefficient (Wildman–Crippen LogP) is 2.19. The first-order valence-electron chi connectivity index (χ1n) is 7.06. The molecule has 0 spiro atoms. The first-order chi connectivity index (χ1) is 9.24. The van der Waals surface area contributed by atoms with E-state index in [-0.39, 0.29) is 5.69 Å². The molecule has 1 aromatic heterocycles. The second-order valence-corrected chi connectivity index (χ2v) is 5.62. The fourth-order valence-corrected chi connectivity index (χ4v) is 3.42. The van der Waals surface area contributed by atoms with Gasteiger partial charge in [0, 0.05) is 13.1 Å². The van der Waals surface area contributed by atoms with Gasteiger partial charge in [-0.3, -0.25) is 0 Å². The van der Waals surface area contributed by atoms with Crippen LogP contribution in [0.5, 0.6) is 0 Å². The van der Waals surface area contributed by atoms with Crippen LogP contribution in [0, 0.1) is 11.8 Å². The lowest BCUT2D eigenvalue weighted by Crippen LogP contribution is -2.42. The Kier molecular flexibility index (Phi) is 3.36. The van der Waals surface area contributed by atoms with Gasteiger partial charge in [0.25, 0.3) is 0 Å². The van der Waals surface area contributed by atoms with Crippen molar-refractivity contribution in [3.8, 4) is 0 Å². The second-order valence-electron chi connectivity index (χ2n) is 5.62. The van der Waals surface area contributed by atoms with Gasteiger partial charge < -0.3 is 10.0 Å². The molecule has 1 saturated heterocycles. The zero-order valence-electron chi connectivity index (χ0n) is 11.0. The maximum absolute atomic E-state index is 10.8. The molecule has 5 nitrogen and oxygen atoms in total. The molecule has 102 valence electrons. The van der Waals surface area contributed by atoms with Crippen LogP contribution in [0.15, 0.2) is 12.1 Å². The number of carboxylic acid groups (broad SMARTS) is 1. The summed E-state index contributed by atoms with van der Waals surface area (Å²) in [5.74, 6) is 1.46. The van der Waals surface area contributed by atoms with Crippen LogP contribution >= 0.6 is 0 Å². The van der Waals surface area contributed by atoms with E-state index in [1.54, 1.807) is 6.07 Å². The minimum absolute atomic E-state index is 0.0105. The van der Waals surface area contributed by atoms with Gasteiger partial charge in [-0.1, -0.05) is 19.3 Å². The number of rotatable bonds is 2. The molecule has 5 heteroatoms. The third kappa shape index (κ3) is 2.55. The smallest absolute Gasteiger partial charge is 0.356 e. The molecule has 19 heavy (non-hydrogen) atoms. The molecule has 0 amide bonds. The first-order valence-corrected chi connectivity index (χ1v) is 7.06. The number of aromatic nitrogens is 2. The number of anilines is 1. The zero-order valence-corrected chi connectivity index (χ0v) is 11.0. The molecule has 3 rings (SSSR count). The lowest BCUT2D eigenvalue weighted by atomic mass is 9.75. The molecule has 1 saturated carbocycles. The normalized spacial score (nSPS) is 26.8. The zero-order chi connectivity index (χ0) is 13.2. The van der Waals surface area contributed by atoms with Crippen molar-refractivity contribution in [1.82, 2.24) is 10.2 Å². The number of piperidine rings is 1. The summed E-state index contributed by atoms with van der Waals surface area (Å²) in [4.78, 5) is 13.0. The van der Waals surface area contributed by atoms with Gasteiger partial charge in [0.1, 0.15) is 0 Å². The fraction of sp³-hybridized carbons (Fsp3) is 0.643. The topological polar surface area (TPSA) is 66.3 Å². The van der Waals surface area contributed by atoms with Crippen molar-refractivity contribution in [2.24, 2.45) is 11.8 Å². The Morgan fingerprint density at radius 2 is 1.95 bits per heavy atom. The number of hydrogen-bond donors (Lipinski definition) is 1. The van der Waals surface area contributed by atoms with Gasteiger partial charge in [-0.05, 0) is 36.8 Å². The average Bonchev–Trinajstić information content (AvgIpc) is 2.47. The minimum Gasteiger partial charge on any atom is -0.476 e. The van der Waals surface area contributed by atoms with Gasteiger partial charge in [0.05, 0.1) is 0 Å². The van der Waals surface area contributed by atoms with Crippen molar-refractivity contribution in [2.75, 3.05) is 18.0 Å². The summed E-state index contributed by atoms with van der Waals surface area (Å²) < 4.78 is 0. The summed E-state index contributed by atoms with van der Waals surface area (Å²) in [6, 6.07) is 3.32. The molecule has 2 aliphatic rings.